The smallest absolute Gasteiger partial charge is 0.225 e. The van der Waals surface area contributed by atoms with Crippen molar-refractivity contribution in [2.45, 2.75) is 19.8 Å². The van der Waals surface area contributed by atoms with Gasteiger partial charge in [0, 0.05) is 20.0 Å². The first-order chi connectivity index (χ1) is 5.99. The van der Waals surface area contributed by atoms with Crippen molar-refractivity contribution in [3.05, 3.63) is 0 Å². The van der Waals surface area contributed by atoms with Crippen LogP contribution in [0.4, 0.5) is 0 Å². The molecule has 0 bridgehead atoms. The molecule has 1 unspecified atom stereocenters. The van der Waals surface area contributed by atoms with Crippen LogP contribution in [-0.2, 0) is 4.79 Å². The van der Waals surface area contributed by atoms with E-state index < -0.39 is 0 Å². The molecule has 0 aliphatic carbocycles. The standard InChI is InChI=1S/C10H22N2O/c1-6-9(7-8-11(2)3)10(13)12(4)5/h9H,6-8H2,1-5H3. The SMILES string of the molecule is CCC(CCN(C)C)C(=O)N(C)C. The van der Waals surface area contributed by atoms with Crippen molar-refractivity contribution in [2.24, 2.45) is 5.92 Å². The van der Waals surface area contributed by atoms with Crippen LogP contribution >= 0.6 is 0 Å². The van der Waals surface area contributed by atoms with Gasteiger partial charge in [-0.15, -0.1) is 0 Å². The number of rotatable bonds is 5. The summed E-state index contributed by atoms with van der Waals surface area (Å²) in [7, 11) is 7.71. The lowest BCUT2D eigenvalue weighted by Crippen LogP contribution is -2.31. The van der Waals surface area contributed by atoms with E-state index in [0.717, 1.165) is 19.4 Å². The van der Waals surface area contributed by atoms with Gasteiger partial charge in [-0.25, -0.2) is 0 Å². The quantitative estimate of drug-likeness (QED) is 0.641. The third-order valence-corrected chi connectivity index (χ3v) is 2.21. The Hall–Kier alpha value is -0.570. The Morgan fingerprint density at radius 3 is 2.08 bits per heavy atom. The lowest BCUT2D eigenvalue weighted by molar-refractivity contribution is -0.133. The summed E-state index contributed by atoms with van der Waals surface area (Å²) in [4.78, 5) is 15.4. The second-order valence-electron chi connectivity index (χ2n) is 3.93. The van der Waals surface area contributed by atoms with Crippen molar-refractivity contribution in [1.29, 1.82) is 0 Å². The molecule has 0 radical (unpaired) electrons. The lowest BCUT2D eigenvalue weighted by Gasteiger charge is -2.20. The van der Waals surface area contributed by atoms with E-state index in [9.17, 15) is 4.79 Å². The maximum atomic E-state index is 11.6. The van der Waals surface area contributed by atoms with Crippen molar-refractivity contribution in [3.63, 3.8) is 0 Å². The molecule has 3 nitrogen and oxygen atoms in total. The first-order valence-electron chi connectivity index (χ1n) is 4.85. The fourth-order valence-corrected chi connectivity index (χ4v) is 1.28. The molecule has 0 N–H and O–H groups in total. The van der Waals surface area contributed by atoms with E-state index in [-0.39, 0.29) is 11.8 Å². The van der Waals surface area contributed by atoms with Crippen LogP contribution in [0.3, 0.4) is 0 Å². The van der Waals surface area contributed by atoms with Crippen LogP contribution in [0.5, 0.6) is 0 Å². The van der Waals surface area contributed by atoms with Gasteiger partial charge in [-0.3, -0.25) is 4.79 Å². The molecule has 0 fully saturated rings. The molecule has 1 atom stereocenters. The van der Waals surface area contributed by atoms with Gasteiger partial charge in [0.2, 0.25) is 5.91 Å². The molecule has 1 amide bonds. The molecular formula is C10H22N2O. The molecule has 0 spiro atoms. The Morgan fingerprint density at radius 2 is 1.77 bits per heavy atom. The Morgan fingerprint density at radius 1 is 1.23 bits per heavy atom. The molecule has 0 aliphatic heterocycles. The molecule has 0 aromatic rings. The summed E-state index contributed by atoms with van der Waals surface area (Å²) in [5.74, 6) is 0.446. The van der Waals surface area contributed by atoms with E-state index in [1.165, 1.54) is 0 Å². The third-order valence-electron chi connectivity index (χ3n) is 2.21. The van der Waals surface area contributed by atoms with Crippen LogP contribution in [-0.4, -0.2) is 50.4 Å². The molecule has 0 aromatic heterocycles. The van der Waals surface area contributed by atoms with Crippen LogP contribution in [0.1, 0.15) is 19.8 Å². The summed E-state index contributed by atoms with van der Waals surface area (Å²) >= 11 is 0. The Labute approximate surface area is 81.7 Å². The predicted octanol–water partition coefficient (Wildman–Crippen LogP) is 1.05. The zero-order valence-electron chi connectivity index (χ0n) is 9.50. The topological polar surface area (TPSA) is 23.6 Å². The van der Waals surface area contributed by atoms with E-state index in [1.54, 1.807) is 4.90 Å². The molecule has 0 aliphatic rings. The highest BCUT2D eigenvalue weighted by atomic mass is 16.2. The van der Waals surface area contributed by atoms with Crippen LogP contribution in [0.25, 0.3) is 0 Å². The third kappa shape index (κ3) is 4.88. The van der Waals surface area contributed by atoms with E-state index in [2.05, 4.69) is 11.8 Å². The van der Waals surface area contributed by atoms with E-state index in [4.69, 9.17) is 0 Å². The average molecular weight is 186 g/mol. The van der Waals surface area contributed by atoms with Gasteiger partial charge < -0.3 is 9.80 Å². The van der Waals surface area contributed by atoms with Gasteiger partial charge in [-0.1, -0.05) is 6.92 Å². The lowest BCUT2D eigenvalue weighted by atomic mass is 10.0. The van der Waals surface area contributed by atoms with Crippen molar-refractivity contribution in [1.82, 2.24) is 9.80 Å². The molecular weight excluding hydrogens is 164 g/mol. The maximum Gasteiger partial charge on any atom is 0.225 e. The van der Waals surface area contributed by atoms with Crippen LogP contribution in [0.2, 0.25) is 0 Å². The molecule has 13 heavy (non-hydrogen) atoms. The van der Waals surface area contributed by atoms with E-state index in [1.807, 2.05) is 28.2 Å². The average Bonchev–Trinajstić information content (AvgIpc) is 2.04. The first kappa shape index (κ1) is 12.4. The number of hydrogen-bond acceptors (Lipinski definition) is 2. The van der Waals surface area contributed by atoms with Gasteiger partial charge in [-0.2, -0.15) is 0 Å². The largest absolute Gasteiger partial charge is 0.349 e. The van der Waals surface area contributed by atoms with Crippen molar-refractivity contribution in [3.8, 4) is 0 Å². The molecule has 0 heterocycles. The molecule has 0 rings (SSSR count). The highest BCUT2D eigenvalue weighted by Crippen LogP contribution is 2.10. The highest BCUT2D eigenvalue weighted by Gasteiger charge is 2.17. The zero-order chi connectivity index (χ0) is 10.4. The number of amides is 1. The summed E-state index contributed by atoms with van der Waals surface area (Å²) in [5, 5.41) is 0. The van der Waals surface area contributed by atoms with E-state index >= 15 is 0 Å². The first-order valence-corrected chi connectivity index (χ1v) is 4.85. The van der Waals surface area contributed by atoms with E-state index in [0.29, 0.717) is 0 Å². The highest BCUT2D eigenvalue weighted by molar-refractivity contribution is 5.78. The van der Waals surface area contributed by atoms with Gasteiger partial charge in [0.15, 0.2) is 0 Å². The summed E-state index contributed by atoms with van der Waals surface area (Å²) in [6, 6.07) is 0. The van der Waals surface area contributed by atoms with Crippen LogP contribution in [0, 0.1) is 5.92 Å². The molecule has 78 valence electrons. The maximum absolute atomic E-state index is 11.6. The van der Waals surface area contributed by atoms with Gasteiger partial charge >= 0.3 is 0 Å². The fraction of sp³-hybridized carbons (Fsp3) is 0.900. The summed E-state index contributed by atoms with van der Waals surface area (Å²) in [6.45, 7) is 3.06. The van der Waals surface area contributed by atoms with Crippen molar-refractivity contribution >= 4 is 5.91 Å². The van der Waals surface area contributed by atoms with Gasteiger partial charge in [0.05, 0.1) is 0 Å². The Kier molecular flexibility index (Phi) is 5.71. The number of hydrogen-bond donors (Lipinski definition) is 0. The Bertz CT molecular complexity index is 155. The minimum Gasteiger partial charge on any atom is -0.349 e. The van der Waals surface area contributed by atoms with Crippen molar-refractivity contribution < 1.29 is 4.79 Å². The van der Waals surface area contributed by atoms with Crippen LogP contribution < -0.4 is 0 Å². The normalized spacial score (nSPS) is 13.1. The summed E-state index contributed by atoms with van der Waals surface area (Å²) in [5.41, 5.74) is 0. The number of carbonyl (C=O) groups excluding carboxylic acids is 1. The second kappa shape index (κ2) is 5.97. The zero-order valence-corrected chi connectivity index (χ0v) is 9.50. The predicted molar refractivity (Wildman–Crippen MR) is 55.6 cm³/mol. The van der Waals surface area contributed by atoms with Gasteiger partial charge in [-0.05, 0) is 33.5 Å². The number of carbonyl (C=O) groups is 1. The minimum absolute atomic E-state index is 0.192. The molecule has 0 saturated carbocycles. The summed E-state index contributed by atoms with van der Waals surface area (Å²) < 4.78 is 0. The molecule has 0 aromatic carbocycles. The second-order valence-corrected chi connectivity index (χ2v) is 3.93. The van der Waals surface area contributed by atoms with Crippen LogP contribution in [0.15, 0.2) is 0 Å². The van der Waals surface area contributed by atoms with Gasteiger partial charge in [0.1, 0.15) is 0 Å². The summed E-state index contributed by atoms with van der Waals surface area (Å²) in [6.07, 6.45) is 1.89. The molecule has 0 saturated heterocycles. The monoisotopic (exact) mass is 186 g/mol. The minimum atomic E-state index is 0.192. The molecule has 3 heteroatoms. The Balaban J connectivity index is 3.95. The van der Waals surface area contributed by atoms with Crippen molar-refractivity contribution in [2.75, 3.05) is 34.7 Å². The fourth-order valence-electron chi connectivity index (χ4n) is 1.28. The van der Waals surface area contributed by atoms with Gasteiger partial charge in [0.25, 0.3) is 0 Å². The number of nitrogens with zero attached hydrogens (tertiary/aromatic N) is 2.